The fraction of sp³-hybridized carbons (Fsp3) is 0.526. The van der Waals surface area contributed by atoms with Gasteiger partial charge in [-0.15, -0.1) is 5.10 Å². The van der Waals surface area contributed by atoms with Crippen molar-refractivity contribution in [2.45, 2.75) is 50.7 Å². The molecule has 156 valence electrons. The molecule has 0 aliphatic heterocycles. The van der Waals surface area contributed by atoms with Gasteiger partial charge < -0.3 is 10.2 Å². The summed E-state index contributed by atoms with van der Waals surface area (Å²) in [7, 11) is 0. The van der Waals surface area contributed by atoms with E-state index in [1.54, 1.807) is 23.1 Å². The zero-order valence-electron chi connectivity index (χ0n) is 16.6. The highest BCUT2D eigenvalue weighted by Gasteiger charge is 2.22. The number of anilines is 1. The molecule has 0 spiro atoms. The molecule has 10 heteroatoms. The Bertz CT molecular complexity index is 864. The van der Waals surface area contributed by atoms with Gasteiger partial charge in [-0.3, -0.25) is 9.59 Å². The SMILES string of the molecule is CCN(CC)C(=O)c1ccc(NC(=O)CSc2nnnn2C2CCCC2)cc1Cl. The van der Waals surface area contributed by atoms with Crippen LogP contribution in [-0.4, -0.2) is 55.8 Å². The zero-order chi connectivity index (χ0) is 20.8. The molecule has 0 radical (unpaired) electrons. The van der Waals surface area contributed by atoms with Crippen LogP contribution in [0.5, 0.6) is 0 Å². The lowest BCUT2D eigenvalue weighted by atomic mass is 10.1. The van der Waals surface area contributed by atoms with Crippen molar-refractivity contribution >= 4 is 40.9 Å². The van der Waals surface area contributed by atoms with Gasteiger partial charge in [0.15, 0.2) is 0 Å². The predicted molar refractivity (Wildman–Crippen MR) is 113 cm³/mol. The van der Waals surface area contributed by atoms with E-state index in [4.69, 9.17) is 11.6 Å². The number of carbonyl (C=O) groups is 2. The van der Waals surface area contributed by atoms with Gasteiger partial charge in [0.25, 0.3) is 5.91 Å². The van der Waals surface area contributed by atoms with E-state index in [-0.39, 0.29) is 17.6 Å². The van der Waals surface area contributed by atoms with Gasteiger partial charge in [-0.25, -0.2) is 4.68 Å². The van der Waals surface area contributed by atoms with Crippen LogP contribution >= 0.6 is 23.4 Å². The predicted octanol–water partition coefficient (Wildman–Crippen LogP) is 3.65. The summed E-state index contributed by atoms with van der Waals surface area (Å²) in [4.78, 5) is 26.5. The molecule has 1 aromatic carbocycles. The fourth-order valence-corrected chi connectivity index (χ4v) is 4.44. The number of amides is 2. The van der Waals surface area contributed by atoms with Crippen molar-refractivity contribution in [2.24, 2.45) is 0 Å². The minimum absolute atomic E-state index is 0.118. The van der Waals surface area contributed by atoms with E-state index >= 15 is 0 Å². The van der Waals surface area contributed by atoms with Crippen molar-refractivity contribution in [2.75, 3.05) is 24.2 Å². The molecular formula is C19H25ClN6O2S. The van der Waals surface area contributed by atoms with Gasteiger partial charge in [-0.2, -0.15) is 0 Å². The number of tetrazole rings is 1. The molecule has 0 bridgehead atoms. The first-order chi connectivity index (χ1) is 14.0. The highest BCUT2D eigenvalue weighted by atomic mass is 35.5. The highest BCUT2D eigenvalue weighted by Crippen LogP contribution is 2.31. The molecule has 3 rings (SSSR count). The van der Waals surface area contributed by atoms with E-state index in [0.29, 0.717) is 40.6 Å². The Hall–Kier alpha value is -2.13. The normalized spacial score (nSPS) is 14.2. The van der Waals surface area contributed by atoms with E-state index in [9.17, 15) is 9.59 Å². The van der Waals surface area contributed by atoms with Crippen molar-refractivity contribution in [1.82, 2.24) is 25.1 Å². The molecule has 0 unspecified atom stereocenters. The minimum Gasteiger partial charge on any atom is -0.339 e. The molecule has 1 aliphatic carbocycles. The Morgan fingerprint density at radius 1 is 1.28 bits per heavy atom. The Morgan fingerprint density at radius 2 is 2.00 bits per heavy atom. The topological polar surface area (TPSA) is 93.0 Å². The van der Waals surface area contributed by atoms with Crippen molar-refractivity contribution in [3.8, 4) is 0 Å². The van der Waals surface area contributed by atoms with Gasteiger partial charge in [0.2, 0.25) is 11.1 Å². The number of benzene rings is 1. The highest BCUT2D eigenvalue weighted by molar-refractivity contribution is 7.99. The molecule has 8 nitrogen and oxygen atoms in total. The fourth-order valence-electron chi connectivity index (χ4n) is 3.43. The van der Waals surface area contributed by atoms with Crippen LogP contribution in [0.15, 0.2) is 23.4 Å². The lowest BCUT2D eigenvalue weighted by Gasteiger charge is -2.19. The second kappa shape index (κ2) is 10.1. The molecule has 1 N–H and O–H groups in total. The lowest BCUT2D eigenvalue weighted by molar-refractivity contribution is -0.113. The van der Waals surface area contributed by atoms with Crippen LogP contribution in [0.2, 0.25) is 5.02 Å². The van der Waals surface area contributed by atoms with Crippen LogP contribution in [0, 0.1) is 0 Å². The van der Waals surface area contributed by atoms with E-state index in [1.807, 2.05) is 18.5 Å². The maximum Gasteiger partial charge on any atom is 0.255 e. The summed E-state index contributed by atoms with van der Waals surface area (Å²) in [5.74, 6) is -0.118. The van der Waals surface area contributed by atoms with Gasteiger partial charge in [0.1, 0.15) is 0 Å². The molecule has 1 heterocycles. The number of nitrogens with zero attached hydrogens (tertiary/aromatic N) is 5. The quantitative estimate of drug-likeness (QED) is 0.635. The summed E-state index contributed by atoms with van der Waals surface area (Å²) in [6.45, 7) is 5.07. The van der Waals surface area contributed by atoms with Gasteiger partial charge in [0.05, 0.1) is 22.4 Å². The van der Waals surface area contributed by atoms with Crippen molar-refractivity contribution < 1.29 is 9.59 Å². The zero-order valence-corrected chi connectivity index (χ0v) is 18.2. The minimum atomic E-state index is -0.185. The number of aromatic nitrogens is 4. The van der Waals surface area contributed by atoms with Crippen molar-refractivity contribution in [1.29, 1.82) is 0 Å². The molecular weight excluding hydrogens is 412 g/mol. The first kappa shape index (κ1) is 21.6. The largest absolute Gasteiger partial charge is 0.339 e. The molecule has 1 aliphatic rings. The lowest BCUT2D eigenvalue weighted by Crippen LogP contribution is -2.30. The maximum absolute atomic E-state index is 12.5. The van der Waals surface area contributed by atoms with E-state index in [1.165, 1.54) is 24.6 Å². The summed E-state index contributed by atoms with van der Waals surface area (Å²) < 4.78 is 1.83. The number of hydrogen-bond acceptors (Lipinski definition) is 6. The first-order valence-corrected chi connectivity index (χ1v) is 11.2. The van der Waals surface area contributed by atoms with Crippen LogP contribution < -0.4 is 5.32 Å². The molecule has 0 saturated heterocycles. The maximum atomic E-state index is 12.5. The number of carbonyl (C=O) groups excluding carboxylic acids is 2. The molecule has 1 fully saturated rings. The number of hydrogen-bond donors (Lipinski definition) is 1. The second-order valence-electron chi connectivity index (χ2n) is 6.85. The summed E-state index contributed by atoms with van der Waals surface area (Å²) in [6, 6.07) is 5.26. The third-order valence-electron chi connectivity index (χ3n) is 5.00. The van der Waals surface area contributed by atoms with E-state index in [0.717, 1.165) is 12.8 Å². The summed E-state index contributed by atoms with van der Waals surface area (Å²) in [5, 5.41) is 15.7. The standard InChI is InChI=1S/C19H25ClN6O2S/c1-3-25(4-2)18(28)15-10-9-13(11-16(15)20)21-17(27)12-29-19-22-23-24-26(19)14-7-5-6-8-14/h9-11,14H,3-8,12H2,1-2H3,(H,21,27). The molecule has 29 heavy (non-hydrogen) atoms. The van der Waals surface area contributed by atoms with Crippen molar-refractivity contribution in [3.05, 3.63) is 28.8 Å². The number of thioether (sulfide) groups is 1. The molecule has 1 saturated carbocycles. The third kappa shape index (κ3) is 5.27. The van der Waals surface area contributed by atoms with Crippen LogP contribution in [0.3, 0.4) is 0 Å². The number of halogens is 1. The summed E-state index contributed by atoms with van der Waals surface area (Å²) in [6.07, 6.45) is 4.51. The van der Waals surface area contributed by atoms with Crippen LogP contribution in [-0.2, 0) is 4.79 Å². The van der Waals surface area contributed by atoms with Crippen LogP contribution in [0.4, 0.5) is 5.69 Å². The first-order valence-electron chi connectivity index (χ1n) is 9.82. The Kier molecular flexibility index (Phi) is 7.49. The van der Waals surface area contributed by atoms with Gasteiger partial charge in [-0.1, -0.05) is 36.2 Å². The molecule has 0 atom stereocenters. The average molecular weight is 437 g/mol. The van der Waals surface area contributed by atoms with Gasteiger partial charge >= 0.3 is 0 Å². The summed E-state index contributed by atoms with van der Waals surface area (Å²) >= 11 is 7.59. The van der Waals surface area contributed by atoms with E-state index < -0.39 is 0 Å². The summed E-state index contributed by atoms with van der Waals surface area (Å²) in [5.41, 5.74) is 0.977. The van der Waals surface area contributed by atoms with Crippen LogP contribution in [0.1, 0.15) is 55.9 Å². The second-order valence-corrected chi connectivity index (χ2v) is 8.20. The van der Waals surface area contributed by atoms with Gasteiger partial charge in [0, 0.05) is 18.8 Å². The van der Waals surface area contributed by atoms with Crippen molar-refractivity contribution in [3.63, 3.8) is 0 Å². The van der Waals surface area contributed by atoms with Gasteiger partial charge in [-0.05, 0) is 55.3 Å². The third-order valence-corrected chi connectivity index (χ3v) is 6.25. The average Bonchev–Trinajstić information content (AvgIpc) is 3.38. The molecule has 2 aromatic rings. The Morgan fingerprint density at radius 3 is 2.66 bits per heavy atom. The number of rotatable bonds is 8. The van der Waals surface area contributed by atoms with Crippen LogP contribution in [0.25, 0.3) is 0 Å². The molecule has 1 aromatic heterocycles. The molecule has 2 amide bonds. The van der Waals surface area contributed by atoms with E-state index in [2.05, 4.69) is 20.8 Å². The number of nitrogens with one attached hydrogen (secondary N) is 1. The Labute approximate surface area is 179 Å². The monoisotopic (exact) mass is 436 g/mol. The smallest absolute Gasteiger partial charge is 0.255 e. The Balaban J connectivity index is 1.58.